The second-order valence-corrected chi connectivity index (χ2v) is 2.13. The van der Waals surface area contributed by atoms with Crippen molar-refractivity contribution < 1.29 is 25.0 Å². The summed E-state index contributed by atoms with van der Waals surface area (Å²) in [5.41, 5.74) is 1.00. The first-order valence-electron chi connectivity index (χ1n) is 3.19. The summed E-state index contributed by atoms with van der Waals surface area (Å²) in [6.07, 6.45) is 2.79. The summed E-state index contributed by atoms with van der Waals surface area (Å²) in [5.74, 6) is 0. The number of hydrogen-bond acceptors (Lipinski definition) is 1. The third kappa shape index (κ3) is 2.10. The Morgan fingerprint density at radius 1 is 1.08 bits per heavy atom. The minimum atomic E-state index is 0. The van der Waals surface area contributed by atoms with E-state index in [1.165, 1.54) is 5.39 Å². The van der Waals surface area contributed by atoms with Crippen molar-refractivity contribution in [1.82, 2.24) is 4.98 Å². The Kier molecular flexibility index (Phi) is 4.64. The normalized spacial score (nSPS) is 8.33. The van der Waals surface area contributed by atoms with Crippen molar-refractivity contribution in [2.75, 3.05) is 0 Å². The van der Waals surface area contributed by atoms with Crippen molar-refractivity contribution in [3.8, 4) is 0 Å². The van der Waals surface area contributed by atoms with E-state index in [0.717, 1.165) is 5.52 Å². The molecule has 3 heteroatoms. The third-order valence-corrected chi connectivity index (χ3v) is 1.46. The van der Waals surface area contributed by atoms with E-state index in [1.54, 1.807) is 0 Å². The average Bonchev–Trinajstić information content (AvgIpc) is 2.05. The van der Waals surface area contributed by atoms with Gasteiger partial charge >= 0.3 is 0 Å². The standard InChI is InChI=1S/C9H6N.H2O.Zn/c1-2-6-9-8(4-1)5-3-7-10-9;;/h1-6H;1H2;/q-1;;. The van der Waals surface area contributed by atoms with Crippen LogP contribution in [0.25, 0.3) is 10.9 Å². The average molecular weight is 212 g/mol. The quantitative estimate of drug-likeness (QED) is 0.477. The molecule has 0 saturated heterocycles. The van der Waals surface area contributed by atoms with Crippen LogP contribution in [0.15, 0.2) is 36.4 Å². The van der Waals surface area contributed by atoms with Crippen molar-refractivity contribution >= 4 is 10.9 Å². The molecule has 0 unspecified atom stereocenters. The van der Waals surface area contributed by atoms with Crippen LogP contribution in [-0.4, -0.2) is 10.5 Å². The molecule has 1 aromatic heterocycles. The minimum Gasteiger partial charge on any atom is -0.412 e. The molecule has 0 bridgehead atoms. The summed E-state index contributed by atoms with van der Waals surface area (Å²) in [6, 6.07) is 11.8. The zero-order chi connectivity index (χ0) is 6.81. The monoisotopic (exact) mass is 210 g/mol. The molecule has 0 radical (unpaired) electrons. The number of rotatable bonds is 0. The van der Waals surface area contributed by atoms with Gasteiger partial charge in [-0.3, -0.25) is 0 Å². The van der Waals surface area contributed by atoms with Crippen LogP contribution in [0.4, 0.5) is 0 Å². The zero-order valence-electron chi connectivity index (χ0n) is 6.62. The van der Waals surface area contributed by atoms with E-state index in [1.807, 2.05) is 36.4 Å². The molecular weight excluding hydrogens is 203 g/mol. The summed E-state index contributed by atoms with van der Waals surface area (Å²) in [4.78, 5) is 4.06. The molecule has 2 nitrogen and oxygen atoms in total. The third-order valence-electron chi connectivity index (χ3n) is 1.46. The maximum atomic E-state index is 4.06. The summed E-state index contributed by atoms with van der Waals surface area (Å²) < 4.78 is 0. The Labute approximate surface area is 83.7 Å². The molecule has 1 aromatic carbocycles. The van der Waals surface area contributed by atoms with Gasteiger partial charge in [0.25, 0.3) is 0 Å². The Hall–Kier alpha value is -0.787. The summed E-state index contributed by atoms with van der Waals surface area (Å²) in [6.45, 7) is 0. The number of para-hydroxylation sites is 1. The summed E-state index contributed by atoms with van der Waals surface area (Å²) in [5, 5.41) is 1.17. The molecule has 0 aliphatic carbocycles. The number of nitrogens with zero attached hydrogens (tertiary/aromatic N) is 1. The fraction of sp³-hybridized carbons (Fsp3) is 0. The van der Waals surface area contributed by atoms with Gasteiger partial charge < -0.3 is 10.5 Å². The van der Waals surface area contributed by atoms with Gasteiger partial charge in [-0.2, -0.15) is 12.1 Å². The zero-order valence-corrected chi connectivity index (χ0v) is 9.59. The minimum absolute atomic E-state index is 0. The Balaban J connectivity index is 0.000000605. The Bertz CT molecular complexity index is 286. The molecule has 58 valence electrons. The van der Waals surface area contributed by atoms with Crippen molar-refractivity contribution in [1.29, 1.82) is 0 Å². The van der Waals surface area contributed by atoms with Crippen LogP contribution in [0.1, 0.15) is 0 Å². The van der Waals surface area contributed by atoms with Crippen LogP contribution >= 0.6 is 0 Å². The smallest absolute Gasteiger partial charge is 0 e. The molecular formula is C9H8NOZn-. The van der Waals surface area contributed by atoms with Gasteiger partial charge in [0.15, 0.2) is 0 Å². The topological polar surface area (TPSA) is 44.4 Å². The molecule has 0 aliphatic rings. The van der Waals surface area contributed by atoms with Crippen LogP contribution < -0.4 is 0 Å². The predicted octanol–water partition coefficient (Wildman–Crippen LogP) is 1.21. The molecule has 0 fully saturated rings. The van der Waals surface area contributed by atoms with Gasteiger partial charge in [-0.25, -0.2) is 0 Å². The summed E-state index contributed by atoms with van der Waals surface area (Å²) >= 11 is 0. The molecule has 0 spiro atoms. The number of aromatic nitrogens is 1. The Morgan fingerprint density at radius 2 is 1.83 bits per heavy atom. The molecule has 0 saturated carbocycles. The molecule has 1 heterocycles. The number of hydrogen-bond donors (Lipinski definition) is 0. The molecule has 2 N–H and O–H groups in total. The molecule has 0 amide bonds. The van der Waals surface area contributed by atoms with Crippen LogP contribution in [0.3, 0.4) is 0 Å². The van der Waals surface area contributed by atoms with Crippen LogP contribution in [0.2, 0.25) is 0 Å². The largest absolute Gasteiger partial charge is 0.412 e. The molecule has 0 atom stereocenters. The van der Waals surface area contributed by atoms with E-state index >= 15 is 0 Å². The fourth-order valence-corrected chi connectivity index (χ4v) is 0.964. The van der Waals surface area contributed by atoms with Gasteiger partial charge in [0.2, 0.25) is 0 Å². The van der Waals surface area contributed by atoms with E-state index < -0.39 is 0 Å². The van der Waals surface area contributed by atoms with E-state index in [0.29, 0.717) is 0 Å². The SMILES string of the molecule is O.[Zn].[c-]1ccc2ccccc2n1. The maximum Gasteiger partial charge on any atom is 0 e. The first-order valence-corrected chi connectivity index (χ1v) is 3.19. The molecule has 2 aromatic rings. The van der Waals surface area contributed by atoms with Gasteiger partial charge in [-0.05, 0) is 5.52 Å². The van der Waals surface area contributed by atoms with Crippen molar-refractivity contribution in [3.05, 3.63) is 42.6 Å². The first kappa shape index (κ1) is 11.2. The number of fused-ring (bicyclic) bond motifs is 1. The van der Waals surface area contributed by atoms with E-state index in [4.69, 9.17) is 0 Å². The van der Waals surface area contributed by atoms with Gasteiger partial charge in [0, 0.05) is 19.5 Å². The van der Waals surface area contributed by atoms with Crippen molar-refractivity contribution in [2.45, 2.75) is 0 Å². The maximum absolute atomic E-state index is 4.06. The van der Waals surface area contributed by atoms with Crippen molar-refractivity contribution in [2.24, 2.45) is 0 Å². The Morgan fingerprint density at radius 3 is 2.58 bits per heavy atom. The molecule has 2 rings (SSSR count). The van der Waals surface area contributed by atoms with Gasteiger partial charge in [-0.1, -0.05) is 30.5 Å². The fourth-order valence-electron chi connectivity index (χ4n) is 0.964. The van der Waals surface area contributed by atoms with Gasteiger partial charge in [-0.15, -0.1) is 5.39 Å². The number of benzene rings is 1. The van der Waals surface area contributed by atoms with E-state index in [2.05, 4.69) is 11.2 Å². The van der Waals surface area contributed by atoms with Crippen LogP contribution in [0, 0.1) is 6.20 Å². The second-order valence-electron chi connectivity index (χ2n) is 2.13. The van der Waals surface area contributed by atoms with E-state index in [-0.39, 0.29) is 25.0 Å². The van der Waals surface area contributed by atoms with Crippen molar-refractivity contribution in [3.63, 3.8) is 0 Å². The molecule has 12 heavy (non-hydrogen) atoms. The summed E-state index contributed by atoms with van der Waals surface area (Å²) in [7, 11) is 0. The van der Waals surface area contributed by atoms with Gasteiger partial charge in [0.05, 0.1) is 0 Å². The van der Waals surface area contributed by atoms with Crippen LogP contribution in [0.5, 0.6) is 0 Å². The number of pyridine rings is 1. The molecule has 0 aliphatic heterocycles. The van der Waals surface area contributed by atoms with E-state index in [9.17, 15) is 0 Å². The van der Waals surface area contributed by atoms with Crippen LogP contribution in [-0.2, 0) is 19.5 Å². The predicted molar refractivity (Wildman–Crippen MR) is 44.2 cm³/mol. The first-order chi connectivity index (χ1) is 4.97. The van der Waals surface area contributed by atoms with Gasteiger partial charge in [0.1, 0.15) is 0 Å². The second kappa shape index (κ2) is 4.97.